The lowest BCUT2D eigenvalue weighted by Gasteiger charge is -2.42. The molecule has 0 unspecified atom stereocenters. The van der Waals surface area contributed by atoms with Crippen molar-refractivity contribution in [3.8, 4) is 5.75 Å². The summed E-state index contributed by atoms with van der Waals surface area (Å²) >= 11 is 0. The van der Waals surface area contributed by atoms with Gasteiger partial charge in [-0.05, 0) is 69.5 Å². The Labute approximate surface area is 166 Å². The number of carbonyl (C=O) groups is 1. The van der Waals surface area contributed by atoms with E-state index in [2.05, 4.69) is 20.1 Å². The van der Waals surface area contributed by atoms with Crippen molar-refractivity contribution in [2.75, 3.05) is 18.4 Å². The van der Waals surface area contributed by atoms with Crippen molar-refractivity contribution in [3.05, 3.63) is 36.0 Å². The highest BCUT2D eigenvalue weighted by molar-refractivity contribution is 5.83. The molecule has 9 heteroatoms. The van der Waals surface area contributed by atoms with Crippen molar-refractivity contribution in [1.29, 1.82) is 0 Å². The number of aldehydes is 1. The van der Waals surface area contributed by atoms with Gasteiger partial charge in [0.2, 0.25) is 0 Å². The second kappa shape index (κ2) is 8.06. The Morgan fingerprint density at radius 1 is 1.07 bits per heavy atom. The minimum atomic E-state index is -4.73. The van der Waals surface area contributed by atoms with Crippen LogP contribution in [0.15, 0.2) is 30.5 Å². The Balaban J connectivity index is 1.41. The fourth-order valence-corrected chi connectivity index (χ4v) is 4.05. The lowest BCUT2D eigenvalue weighted by atomic mass is 9.89. The van der Waals surface area contributed by atoms with E-state index in [1.165, 1.54) is 43.8 Å². The highest BCUT2D eigenvalue weighted by Gasteiger charge is 2.31. The molecule has 156 valence electrons. The molecule has 0 amide bonds. The number of aromatic nitrogens is 2. The summed E-state index contributed by atoms with van der Waals surface area (Å²) in [4.78, 5) is 14.0. The first-order chi connectivity index (χ1) is 13.9. The van der Waals surface area contributed by atoms with Gasteiger partial charge in [0.15, 0.2) is 12.1 Å². The Hall–Kier alpha value is -2.55. The van der Waals surface area contributed by atoms with Crippen molar-refractivity contribution in [3.63, 3.8) is 0 Å². The van der Waals surface area contributed by atoms with E-state index in [1.54, 1.807) is 6.20 Å². The molecule has 1 saturated carbocycles. The molecule has 2 heterocycles. The molecule has 1 aliphatic carbocycles. The van der Waals surface area contributed by atoms with E-state index in [4.69, 9.17) is 0 Å². The highest BCUT2D eigenvalue weighted by Crippen LogP contribution is 2.33. The lowest BCUT2D eigenvalue weighted by Crippen LogP contribution is -2.46. The van der Waals surface area contributed by atoms with E-state index >= 15 is 0 Å². The zero-order valence-corrected chi connectivity index (χ0v) is 15.9. The molecule has 1 aromatic carbocycles. The summed E-state index contributed by atoms with van der Waals surface area (Å²) in [5.74, 6) is 0.0949. The Morgan fingerprint density at radius 2 is 1.72 bits per heavy atom. The zero-order chi connectivity index (χ0) is 20.4. The number of nitrogens with one attached hydrogen (secondary N) is 1. The van der Waals surface area contributed by atoms with Crippen LogP contribution in [0.2, 0.25) is 0 Å². The number of hydrogen-bond acceptors (Lipinski definition) is 5. The van der Waals surface area contributed by atoms with Crippen LogP contribution in [0.5, 0.6) is 5.75 Å². The van der Waals surface area contributed by atoms with Gasteiger partial charge >= 0.3 is 6.36 Å². The Kier molecular flexibility index (Phi) is 5.49. The van der Waals surface area contributed by atoms with Crippen molar-refractivity contribution >= 4 is 17.8 Å². The van der Waals surface area contributed by atoms with Crippen molar-refractivity contribution in [1.82, 2.24) is 14.7 Å². The maximum absolute atomic E-state index is 12.3. The van der Waals surface area contributed by atoms with Crippen molar-refractivity contribution in [2.45, 2.75) is 50.6 Å². The minimum Gasteiger partial charge on any atom is -0.406 e. The number of anilines is 2. The normalized spacial score (nSPS) is 22.7. The summed E-state index contributed by atoms with van der Waals surface area (Å²) in [7, 11) is 0. The van der Waals surface area contributed by atoms with E-state index in [0.29, 0.717) is 23.1 Å². The van der Waals surface area contributed by atoms with Crippen LogP contribution in [-0.2, 0) is 0 Å². The van der Waals surface area contributed by atoms with Crippen LogP contribution in [0, 0.1) is 0 Å². The third-order valence-corrected chi connectivity index (χ3v) is 5.69. The maximum Gasteiger partial charge on any atom is 0.573 e. The molecule has 2 fully saturated rings. The number of likely N-dealkylation sites (tertiary alicyclic amines) is 1. The first-order valence-electron chi connectivity index (χ1n) is 9.82. The minimum absolute atomic E-state index is 0.254. The van der Waals surface area contributed by atoms with E-state index in [1.807, 2.05) is 4.68 Å². The molecule has 1 aromatic heterocycles. The molecule has 1 N–H and O–H groups in total. The topological polar surface area (TPSA) is 59.4 Å². The number of halogens is 3. The smallest absolute Gasteiger partial charge is 0.406 e. The first-order valence-corrected chi connectivity index (χ1v) is 9.82. The molecular formula is C20H23F3N4O2. The van der Waals surface area contributed by atoms with Gasteiger partial charge in [-0.25, -0.2) is 0 Å². The number of alkyl halides is 3. The molecule has 0 atom stereocenters. The predicted molar refractivity (Wildman–Crippen MR) is 102 cm³/mol. The lowest BCUT2D eigenvalue weighted by molar-refractivity contribution is -0.274. The molecule has 0 bridgehead atoms. The van der Waals surface area contributed by atoms with Crippen LogP contribution in [-0.4, -0.2) is 46.5 Å². The van der Waals surface area contributed by atoms with Crippen molar-refractivity contribution < 1.29 is 22.7 Å². The molecule has 1 aliphatic heterocycles. The van der Waals surface area contributed by atoms with Gasteiger partial charge in [-0.1, -0.05) is 0 Å². The zero-order valence-electron chi connectivity index (χ0n) is 15.9. The number of hydrogen-bond donors (Lipinski definition) is 1. The molecule has 0 spiro atoms. The second-order valence-electron chi connectivity index (χ2n) is 7.58. The predicted octanol–water partition coefficient (Wildman–Crippen LogP) is 4.53. The average molecular weight is 408 g/mol. The average Bonchev–Trinajstić information content (AvgIpc) is 3.04. The van der Waals surface area contributed by atoms with Gasteiger partial charge in [-0.3, -0.25) is 9.48 Å². The SMILES string of the molecule is O=Cc1cn(C2CCC(N3CCC3)CC2)nc1Nc1ccc(OC(F)(F)F)cc1. The maximum atomic E-state index is 12.3. The highest BCUT2D eigenvalue weighted by atomic mass is 19.4. The number of nitrogens with zero attached hydrogens (tertiary/aromatic N) is 3. The molecule has 1 saturated heterocycles. The number of benzene rings is 1. The Morgan fingerprint density at radius 3 is 2.28 bits per heavy atom. The fraction of sp³-hybridized carbons (Fsp3) is 0.500. The summed E-state index contributed by atoms with van der Waals surface area (Å²) in [5, 5.41) is 7.55. The van der Waals surface area contributed by atoms with Crippen LogP contribution in [0.25, 0.3) is 0 Å². The number of ether oxygens (including phenoxy) is 1. The van der Waals surface area contributed by atoms with E-state index < -0.39 is 6.36 Å². The number of rotatable bonds is 6. The van der Waals surface area contributed by atoms with Gasteiger partial charge in [-0.15, -0.1) is 13.2 Å². The number of carbonyl (C=O) groups excluding carboxylic acids is 1. The summed E-state index contributed by atoms with van der Waals surface area (Å²) < 4.78 is 42.5. The van der Waals surface area contributed by atoms with Crippen LogP contribution >= 0.6 is 0 Å². The third-order valence-electron chi connectivity index (χ3n) is 5.69. The van der Waals surface area contributed by atoms with Gasteiger partial charge in [0.1, 0.15) is 5.75 Å². The fourth-order valence-electron chi connectivity index (χ4n) is 4.05. The van der Waals surface area contributed by atoms with Crippen LogP contribution in [0.1, 0.15) is 48.5 Å². The standard InChI is InChI=1S/C20H23F3N4O2/c21-20(22,23)29-18-8-2-15(3-9-18)24-19-14(13-28)12-27(25-19)17-6-4-16(5-7-17)26-10-1-11-26/h2-3,8-9,12-13,16-17H,1,4-7,10-11H2,(H,24,25). The molecule has 2 aromatic rings. The van der Waals surface area contributed by atoms with Crippen LogP contribution < -0.4 is 10.1 Å². The van der Waals surface area contributed by atoms with Gasteiger partial charge in [0, 0.05) is 17.9 Å². The quantitative estimate of drug-likeness (QED) is 0.712. The van der Waals surface area contributed by atoms with E-state index in [9.17, 15) is 18.0 Å². The molecule has 4 rings (SSSR count). The monoisotopic (exact) mass is 408 g/mol. The largest absolute Gasteiger partial charge is 0.573 e. The van der Waals surface area contributed by atoms with Gasteiger partial charge < -0.3 is 15.0 Å². The molecule has 29 heavy (non-hydrogen) atoms. The molecular weight excluding hydrogens is 385 g/mol. The third kappa shape index (κ3) is 4.72. The van der Waals surface area contributed by atoms with Crippen molar-refractivity contribution in [2.24, 2.45) is 0 Å². The Bertz CT molecular complexity index is 838. The summed E-state index contributed by atoms with van der Waals surface area (Å²) in [6.07, 6.45) is 3.33. The molecule has 6 nitrogen and oxygen atoms in total. The summed E-state index contributed by atoms with van der Waals surface area (Å²) in [5.41, 5.74) is 0.944. The van der Waals surface area contributed by atoms with Gasteiger partial charge in [0.25, 0.3) is 0 Å². The summed E-state index contributed by atoms with van der Waals surface area (Å²) in [6, 6.07) is 6.25. The second-order valence-corrected chi connectivity index (χ2v) is 7.58. The van der Waals surface area contributed by atoms with Crippen LogP contribution in [0.4, 0.5) is 24.7 Å². The van der Waals surface area contributed by atoms with Crippen LogP contribution in [0.3, 0.4) is 0 Å². The van der Waals surface area contributed by atoms with E-state index in [-0.39, 0.29) is 11.8 Å². The van der Waals surface area contributed by atoms with Gasteiger partial charge in [-0.2, -0.15) is 5.10 Å². The molecule has 0 radical (unpaired) electrons. The van der Waals surface area contributed by atoms with Gasteiger partial charge in [0.05, 0.1) is 11.6 Å². The first kappa shape index (κ1) is 19.8. The summed E-state index contributed by atoms with van der Waals surface area (Å²) in [6.45, 7) is 2.40. The van der Waals surface area contributed by atoms with E-state index in [0.717, 1.165) is 32.0 Å². The molecule has 2 aliphatic rings.